The van der Waals surface area contributed by atoms with Crippen LogP contribution in [-0.4, -0.2) is 0 Å². The minimum atomic E-state index is 0.869. The van der Waals surface area contributed by atoms with Gasteiger partial charge in [-0.1, -0.05) is 69.2 Å². The van der Waals surface area contributed by atoms with Crippen LogP contribution in [0.1, 0.15) is 57.4 Å². The summed E-state index contributed by atoms with van der Waals surface area (Å²) < 4.78 is 0. The van der Waals surface area contributed by atoms with Crippen molar-refractivity contribution in [2.45, 2.75) is 58.3 Å². The highest BCUT2D eigenvalue weighted by molar-refractivity contribution is 6.31. The van der Waals surface area contributed by atoms with Crippen LogP contribution < -0.4 is 0 Å². The normalized spacial score (nSPS) is 10.6. The van der Waals surface area contributed by atoms with E-state index in [1.54, 1.807) is 0 Å². The summed E-state index contributed by atoms with van der Waals surface area (Å²) in [6.45, 7) is 2.26. The number of halogens is 1. The van der Waals surface area contributed by atoms with E-state index in [9.17, 15) is 0 Å². The molecule has 0 aromatic heterocycles. The Morgan fingerprint density at radius 3 is 2.44 bits per heavy atom. The summed E-state index contributed by atoms with van der Waals surface area (Å²) in [6.07, 6.45) is 10.5. The molecule has 0 bridgehead atoms. The number of rotatable bonds is 8. The molecule has 0 spiro atoms. The molecule has 1 rings (SSSR count). The van der Waals surface area contributed by atoms with Gasteiger partial charge in [-0.2, -0.15) is 0 Å². The quantitative estimate of drug-likeness (QED) is 0.529. The molecular formula is C15H22Cl. The van der Waals surface area contributed by atoms with Crippen molar-refractivity contribution in [3.8, 4) is 0 Å². The van der Waals surface area contributed by atoms with E-state index >= 15 is 0 Å². The summed E-state index contributed by atoms with van der Waals surface area (Å²) >= 11 is 6.07. The molecule has 0 aliphatic heterocycles. The molecule has 0 aliphatic rings. The lowest BCUT2D eigenvalue weighted by Gasteiger charge is -2.03. The minimum Gasteiger partial charge on any atom is -0.0840 e. The third-order valence-corrected chi connectivity index (χ3v) is 3.27. The van der Waals surface area contributed by atoms with Gasteiger partial charge < -0.3 is 0 Å². The maximum absolute atomic E-state index is 6.07. The van der Waals surface area contributed by atoms with Crippen LogP contribution in [0.4, 0.5) is 0 Å². The fourth-order valence-corrected chi connectivity index (χ4v) is 2.12. The Balaban J connectivity index is 2.05. The van der Waals surface area contributed by atoms with Gasteiger partial charge >= 0.3 is 0 Å². The highest BCUT2D eigenvalue weighted by Gasteiger charge is 1.98. The van der Waals surface area contributed by atoms with Crippen LogP contribution in [0, 0.1) is 6.07 Å². The van der Waals surface area contributed by atoms with Gasteiger partial charge in [0.25, 0.3) is 0 Å². The summed E-state index contributed by atoms with van der Waals surface area (Å²) in [5.74, 6) is 0. The van der Waals surface area contributed by atoms with Crippen LogP contribution in [0.25, 0.3) is 0 Å². The zero-order valence-corrected chi connectivity index (χ0v) is 11.0. The standard InChI is InChI=1S/C15H22Cl/c1-2-3-4-5-6-7-8-11-14-12-9-10-13-15(14)16/h9-10,13H,2-8,11H2,1H3. The van der Waals surface area contributed by atoms with Gasteiger partial charge in [-0.05, 0) is 30.5 Å². The molecule has 89 valence electrons. The molecule has 1 aromatic carbocycles. The lowest BCUT2D eigenvalue weighted by atomic mass is 10.0. The second-order valence-corrected chi connectivity index (χ2v) is 4.78. The number of aryl methyl sites for hydroxylation is 1. The molecule has 0 aliphatic carbocycles. The average Bonchev–Trinajstić information content (AvgIpc) is 2.30. The highest BCUT2D eigenvalue weighted by Crippen LogP contribution is 2.17. The first-order chi connectivity index (χ1) is 7.84. The van der Waals surface area contributed by atoms with Crippen molar-refractivity contribution in [1.29, 1.82) is 0 Å². The summed E-state index contributed by atoms with van der Waals surface area (Å²) in [5.41, 5.74) is 1.18. The summed E-state index contributed by atoms with van der Waals surface area (Å²) in [7, 11) is 0. The van der Waals surface area contributed by atoms with E-state index < -0.39 is 0 Å². The van der Waals surface area contributed by atoms with E-state index in [1.807, 2.05) is 18.2 Å². The number of hydrogen-bond acceptors (Lipinski definition) is 0. The van der Waals surface area contributed by atoms with Crippen molar-refractivity contribution in [3.63, 3.8) is 0 Å². The van der Waals surface area contributed by atoms with Crippen LogP contribution >= 0.6 is 11.6 Å². The topological polar surface area (TPSA) is 0 Å². The zero-order valence-electron chi connectivity index (χ0n) is 10.3. The van der Waals surface area contributed by atoms with Crippen LogP contribution in [0.2, 0.25) is 5.02 Å². The van der Waals surface area contributed by atoms with Gasteiger partial charge in [0.05, 0.1) is 0 Å². The van der Waals surface area contributed by atoms with E-state index in [1.165, 1.54) is 50.5 Å². The van der Waals surface area contributed by atoms with Gasteiger partial charge in [0.2, 0.25) is 0 Å². The molecule has 0 fully saturated rings. The lowest BCUT2D eigenvalue weighted by molar-refractivity contribution is 0.589. The smallest absolute Gasteiger partial charge is 0.0444 e. The zero-order chi connectivity index (χ0) is 11.6. The Hall–Kier alpha value is -0.490. The van der Waals surface area contributed by atoms with Gasteiger partial charge in [0.15, 0.2) is 0 Å². The molecular weight excluding hydrogens is 216 g/mol. The Morgan fingerprint density at radius 2 is 1.75 bits per heavy atom. The summed E-state index contributed by atoms with van der Waals surface area (Å²) in [4.78, 5) is 0. The lowest BCUT2D eigenvalue weighted by Crippen LogP contribution is -1.87. The van der Waals surface area contributed by atoms with Gasteiger partial charge in [0.1, 0.15) is 0 Å². The molecule has 0 amide bonds. The van der Waals surface area contributed by atoms with Crippen molar-refractivity contribution < 1.29 is 0 Å². The Morgan fingerprint density at radius 1 is 1.06 bits per heavy atom. The predicted molar refractivity (Wildman–Crippen MR) is 72.0 cm³/mol. The van der Waals surface area contributed by atoms with E-state index in [4.69, 9.17) is 11.6 Å². The fraction of sp³-hybridized carbons (Fsp3) is 0.600. The van der Waals surface area contributed by atoms with Gasteiger partial charge in [-0.3, -0.25) is 0 Å². The first kappa shape index (κ1) is 13.6. The third kappa shape index (κ3) is 5.55. The molecule has 1 heteroatoms. The van der Waals surface area contributed by atoms with E-state index in [2.05, 4.69) is 13.0 Å². The molecule has 1 radical (unpaired) electrons. The summed E-state index contributed by atoms with van der Waals surface area (Å²) in [5, 5.41) is 0.869. The molecule has 0 unspecified atom stereocenters. The molecule has 0 saturated carbocycles. The molecule has 0 nitrogen and oxygen atoms in total. The van der Waals surface area contributed by atoms with E-state index in [-0.39, 0.29) is 0 Å². The van der Waals surface area contributed by atoms with Crippen LogP contribution in [0.15, 0.2) is 18.2 Å². The van der Waals surface area contributed by atoms with Crippen molar-refractivity contribution in [2.24, 2.45) is 0 Å². The maximum Gasteiger partial charge on any atom is 0.0444 e. The maximum atomic E-state index is 6.07. The van der Waals surface area contributed by atoms with Crippen LogP contribution in [0.3, 0.4) is 0 Å². The number of benzene rings is 1. The minimum absolute atomic E-state index is 0.869. The SMILES string of the molecule is CCCCCCCCCc1[c]cccc1Cl. The first-order valence-corrected chi connectivity index (χ1v) is 6.87. The van der Waals surface area contributed by atoms with Crippen LogP contribution in [-0.2, 0) is 6.42 Å². The van der Waals surface area contributed by atoms with E-state index in [0.717, 1.165) is 11.4 Å². The average molecular weight is 238 g/mol. The third-order valence-electron chi connectivity index (χ3n) is 2.91. The van der Waals surface area contributed by atoms with Crippen molar-refractivity contribution in [2.75, 3.05) is 0 Å². The molecule has 0 atom stereocenters. The number of unbranched alkanes of at least 4 members (excludes halogenated alkanes) is 6. The Bertz CT molecular complexity index is 281. The Kier molecular flexibility index (Phi) is 7.33. The van der Waals surface area contributed by atoms with Crippen molar-refractivity contribution in [3.05, 3.63) is 34.9 Å². The second kappa shape index (κ2) is 8.64. The first-order valence-electron chi connectivity index (χ1n) is 6.49. The van der Waals surface area contributed by atoms with Crippen molar-refractivity contribution in [1.82, 2.24) is 0 Å². The number of hydrogen-bond donors (Lipinski definition) is 0. The molecule has 16 heavy (non-hydrogen) atoms. The predicted octanol–water partition coefficient (Wildman–Crippen LogP) is 5.43. The fourth-order valence-electron chi connectivity index (χ4n) is 1.90. The molecule has 0 saturated heterocycles. The van der Waals surface area contributed by atoms with Gasteiger partial charge in [-0.15, -0.1) is 0 Å². The molecule has 1 aromatic rings. The van der Waals surface area contributed by atoms with Crippen LogP contribution in [0.5, 0.6) is 0 Å². The largest absolute Gasteiger partial charge is 0.0840 e. The Labute approximate surface area is 105 Å². The van der Waals surface area contributed by atoms with Gasteiger partial charge in [0, 0.05) is 5.02 Å². The summed E-state index contributed by atoms with van der Waals surface area (Å²) in [6, 6.07) is 9.06. The van der Waals surface area contributed by atoms with Gasteiger partial charge in [-0.25, -0.2) is 0 Å². The molecule has 0 heterocycles. The monoisotopic (exact) mass is 237 g/mol. The second-order valence-electron chi connectivity index (χ2n) is 4.37. The molecule has 0 N–H and O–H groups in total. The van der Waals surface area contributed by atoms with Crippen molar-refractivity contribution >= 4 is 11.6 Å². The highest BCUT2D eigenvalue weighted by atomic mass is 35.5. The van der Waals surface area contributed by atoms with E-state index in [0.29, 0.717) is 0 Å².